The maximum absolute atomic E-state index is 5.97. The summed E-state index contributed by atoms with van der Waals surface area (Å²) in [6.45, 7) is 17.0. The number of hydrogen-bond donors (Lipinski definition) is 0. The van der Waals surface area contributed by atoms with E-state index in [1.807, 2.05) is 11.4 Å². The fourth-order valence-corrected chi connectivity index (χ4v) is 9.79. The van der Waals surface area contributed by atoms with Crippen LogP contribution < -0.4 is 0 Å². The molecule has 0 N–H and O–H groups in total. The summed E-state index contributed by atoms with van der Waals surface area (Å²) in [7, 11) is -1.07. The summed E-state index contributed by atoms with van der Waals surface area (Å²) in [6.07, 6.45) is 2.20. The second kappa shape index (κ2) is 11.2. The van der Waals surface area contributed by atoms with Gasteiger partial charge in [-0.3, -0.25) is 0 Å². The van der Waals surface area contributed by atoms with Crippen molar-refractivity contribution in [2.75, 3.05) is 0 Å². The van der Waals surface area contributed by atoms with Gasteiger partial charge in [-0.1, -0.05) is 11.4 Å². The maximum atomic E-state index is 5.97. The average Bonchev–Trinajstić information content (AvgIpc) is 3.03. The van der Waals surface area contributed by atoms with E-state index in [2.05, 4.69) is 142 Å². The molecule has 0 bridgehead atoms. The molecule has 1 aromatic heterocycles. The normalized spacial score (nSPS) is 11.5. The van der Waals surface area contributed by atoms with Crippen molar-refractivity contribution in [2.24, 2.45) is 7.05 Å². The molecule has 31 heavy (non-hydrogen) atoms. The predicted octanol–water partition coefficient (Wildman–Crippen LogP) is 6.48. The zero-order chi connectivity index (χ0) is 23.1. The second-order valence-electron chi connectivity index (χ2n) is 8.52. The number of hydrogen-bond acceptors (Lipinski definition) is 1. The van der Waals surface area contributed by atoms with Crippen LogP contribution in [0.3, 0.4) is 0 Å². The van der Waals surface area contributed by atoms with Crippen molar-refractivity contribution in [1.82, 2.24) is 9.13 Å². The Bertz CT molecular complexity index is 1040. The molecular formula is C25H34N2OPtSi2. The van der Waals surface area contributed by atoms with Gasteiger partial charge in [-0.05, 0) is 26.2 Å². The quantitative estimate of drug-likeness (QED) is 0.274. The fourth-order valence-electron chi connectivity index (χ4n) is 3.10. The summed E-state index contributed by atoms with van der Waals surface area (Å²) < 4.78 is 11.7. The van der Waals surface area contributed by atoms with Gasteiger partial charge in [-0.2, -0.15) is 0 Å². The zero-order valence-electron chi connectivity index (χ0n) is 19.2. The Morgan fingerprint density at radius 1 is 0.871 bits per heavy atom. The van der Waals surface area contributed by atoms with Crippen molar-refractivity contribution in [1.29, 1.82) is 0 Å². The van der Waals surface area contributed by atoms with Gasteiger partial charge in [0.1, 0.15) is 0 Å². The topological polar surface area (TPSA) is 19.1 Å². The third-order valence-electron chi connectivity index (χ3n) is 4.84. The first-order valence-corrected chi connectivity index (χ1v) is 17.5. The Morgan fingerprint density at radius 2 is 1.35 bits per heavy atom. The molecule has 0 aliphatic rings. The standard InChI is InChI=1S/C17H16N2.C8H18OSi2.Pt/c1-18-13-17(16-10-6-3-7-11-16)19(14-18)12-15-8-4-2-5-9-15;1-7-10(3,4)9-11(5,6)8-2;/h2-11,13H,12H2,1H3;7-8H,1-2H2,3-6H3;. The minimum absolute atomic E-state index is 0.894. The van der Waals surface area contributed by atoms with Crippen LogP contribution in [0.15, 0.2) is 91.4 Å². The van der Waals surface area contributed by atoms with Crippen LogP contribution in [-0.2, 0) is 37.1 Å². The van der Waals surface area contributed by atoms with Gasteiger partial charge in [0.05, 0.1) is 0 Å². The number of aromatic nitrogens is 2. The van der Waals surface area contributed by atoms with Crippen LogP contribution >= 0.6 is 0 Å². The zero-order valence-corrected chi connectivity index (χ0v) is 23.5. The molecule has 0 saturated heterocycles. The molecule has 3 aromatic rings. The molecule has 0 saturated carbocycles. The van der Waals surface area contributed by atoms with Crippen LogP contribution in [0.2, 0.25) is 26.2 Å². The Hall–Kier alpha value is -1.79. The van der Waals surface area contributed by atoms with E-state index in [-0.39, 0.29) is 0 Å². The number of nitrogens with zero attached hydrogens (tertiary/aromatic N) is 2. The van der Waals surface area contributed by atoms with Gasteiger partial charge in [-0.15, -0.1) is 13.2 Å². The monoisotopic (exact) mass is 629 g/mol. The molecule has 1 heterocycles. The van der Waals surface area contributed by atoms with Crippen LogP contribution in [0.25, 0.3) is 11.3 Å². The van der Waals surface area contributed by atoms with Crippen molar-refractivity contribution in [3.05, 3.63) is 101 Å². The van der Waals surface area contributed by atoms with E-state index in [1.165, 1.54) is 20.6 Å². The van der Waals surface area contributed by atoms with Crippen LogP contribution in [0.4, 0.5) is 0 Å². The molecule has 0 radical (unpaired) electrons. The van der Waals surface area contributed by atoms with Crippen molar-refractivity contribution in [2.45, 2.75) is 32.7 Å². The van der Waals surface area contributed by atoms with Gasteiger partial charge >= 0.3 is 130 Å². The summed E-state index contributed by atoms with van der Waals surface area (Å²) in [5.74, 6) is 0. The first-order chi connectivity index (χ1) is 14.6. The number of rotatable bonds is 7. The van der Waals surface area contributed by atoms with Gasteiger partial charge in [0.2, 0.25) is 0 Å². The van der Waals surface area contributed by atoms with Gasteiger partial charge in [0.25, 0.3) is 0 Å². The van der Waals surface area contributed by atoms with Gasteiger partial charge in [0.15, 0.2) is 16.6 Å². The van der Waals surface area contributed by atoms with E-state index in [4.69, 9.17) is 4.12 Å². The first kappa shape index (κ1) is 25.5. The van der Waals surface area contributed by atoms with E-state index in [1.54, 1.807) is 0 Å². The molecule has 0 unspecified atom stereocenters. The summed E-state index contributed by atoms with van der Waals surface area (Å²) in [6, 6.07) is 21.1. The molecule has 0 atom stereocenters. The van der Waals surface area contributed by atoms with Crippen molar-refractivity contribution < 1.29 is 23.5 Å². The third kappa shape index (κ3) is 7.69. The molecule has 0 spiro atoms. The molecule has 0 fully saturated rings. The van der Waals surface area contributed by atoms with E-state index >= 15 is 0 Å². The first-order valence-electron chi connectivity index (χ1n) is 10.4. The average molecular weight is 630 g/mol. The minimum atomic E-state index is -1.58. The molecule has 6 heteroatoms. The molecule has 3 nitrogen and oxygen atoms in total. The third-order valence-corrected chi connectivity index (χ3v) is 12.4. The van der Waals surface area contributed by atoms with Crippen molar-refractivity contribution in [3.63, 3.8) is 0 Å². The number of benzene rings is 2. The molecule has 2 aromatic carbocycles. The Labute approximate surface area is 200 Å². The van der Waals surface area contributed by atoms with Crippen LogP contribution in [-0.4, -0.2) is 25.8 Å². The Morgan fingerprint density at radius 3 is 1.84 bits per heavy atom. The summed E-state index contributed by atoms with van der Waals surface area (Å²) >= 11 is 2.39. The molecule has 3 rings (SSSR count). The fraction of sp³-hybridized carbons (Fsp3) is 0.240. The van der Waals surface area contributed by atoms with Gasteiger partial charge in [0, 0.05) is 0 Å². The van der Waals surface area contributed by atoms with Crippen LogP contribution in [0, 0.1) is 3.80 Å². The second-order valence-corrected chi connectivity index (χ2v) is 17.6. The number of aryl methyl sites for hydroxylation is 1. The van der Waals surface area contributed by atoms with E-state index in [0.29, 0.717) is 0 Å². The molecule has 0 aliphatic heterocycles. The summed E-state index contributed by atoms with van der Waals surface area (Å²) in [5, 5.41) is 0. The van der Waals surface area contributed by atoms with Crippen molar-refractivity contribution in [3.8, 4) is 11.3 Å². The molecule has 168 valence electrons. The van der Waals surface area contributed by atoms with E-state index in [0.717, 1.165) is 6.54 Å². The summed E-state index contributed by atoms with van der Waals surface area (Å²) in [5.41, 5.74) is 7.75. The SMILES string of the molecule is C=C[Si](C)(C)O[Si](C)(C)C=C.Cn1cc(-c2ccccc2)n(Cc2ccccc2)[c]1=[Pt]. The summed E-state index contributed by atoms with van der Waals surface area (Å²) in [4.78, 5) is 0. The predicted molar refractivity (Wildman–Crippen MR) is 134 cm³/mol. The van der Waals surface area contributed by atoms with Crippen molar-refractivity contribution >= 4 is 16.6 Å². The van der Waals surface area contributed by atoms with Gasteiger partial charge < -0.3 is 4.12 Å². The Kier molecular flexibility index (Phi) is 9.19. The molecule has 0 amide bonds. The molecular weight excluding hydrogens is 596 g/mol. The van der Waals surface area contributed by atoms with Gasteiger partial charge in [-0.25, -0.2) is 0 Å². The van der Waals surface area contributed by atoms with E-state index in [9.17, 15) is 0 Å². The Balaban J connectivity index is 0.000000267. The number of imidazole rings is 1. The molecule has 0 aliphatic carbocycles. The van der Waals surface area contributed by atoms with Crippen LogP contribution in [0.1, 0.15) is 5.56 Å². The van der Waals surface area contributed by atoms with E-state index < -0.39 is 16.6 Å². The van der Waals surface area contributed by atoms with Crippen LogP contribution in [0.5, 0.6) is 0 Å².